The summed E-state index contributed by atoms with van der Waals surface area (Å²) in [6.45, 7) is 7.45. The van der Waals surface area contributed by atoms with Crippen LogP contribution >= 0.6 is 0 Å². The van der Waals surface area contributed by atoms with E-state index in [1.807, 2.05) is 26.8 Å². The number of hydrogen-bond acceptors (Lipinski definition) is 6. The molecule has 0 saturated heterocycles. The normalized spacial score (nSPS) is 11.5. The van der Waals surface area contributed by atoms with Crippen LogP contribution in [0.25, 0.3) is 5.69 Å². The maximum atomic E-state index is 13.4. The molecule has 11 heteroatoms. The predicted octanol–water partition coefficient (Wildman–Crippen LogP) is 4.96. The van der Waals surface area contributed by atoms with E-state index in [2.05, 4.69) is 40.2 Å². The van der Waals surface area contributed by atoms with Crippen molar-refractivity contribution >= 4 is 33.5 Å². The van der Waals surface area contributed by atoms with Crippen LogP contribution in [0.5, 0.6) is 0 Å². The first-order chi connectivity index (χ1) is 19.0. The van der Waals surface area contributed by atoms with Gasteiger partial charge in [-0.2, -0.15) is 5.10 Å². The Bertz CT molecular complexity index is 1690. The van der Waals surface area contributed by atoms with Crippen molar-refractivity contribution in [2.45, 2.75) is 32.6 Å². The topological polar surface area (TPSA) is 127 Å². The number of rotatable bonds is 9. The molecule has 4 rings (SSSR count). The minimum Gasteiger partial charge on any atom is -0.318 e. The molecule has 1 aromatic heterocycles. The summed E-state index contributed by atoms with van der Waals surface area (Å²) in [5, 5.41) is 15.1. The summed E-state index contributed by atoms with van der Waals surface area (Å²) in [5.41, 5.74) is 8.38. The van der Waals surface area contributed by atoms with Gasteiger partial charge < -0.3 is 4.57 Å². The van der Waals surface area contributed by atoms with Crippen LogP contribution < -0.4 is 9.73 Å². The molecular formula is C29H29N5O5S. The maximum Gasteiger partial charge on any atom is 0.269 e. The Morgan fingerprint density at radius 3 is 2.30 bits per heavy atom. The Kier molecular flexibility index (Phi) is 8.15. The molecular weight excluding hydrogens is 530 g/mol. The van der Waals surface area contributed by atoms with E-state index in [0.29, 0.717) is 0 Å². The summed E-state index contributed by atoms with van der Waals surface area (Å²) in [7, 11) is -4.16. The van der Waals surface area contributed by atoms with Crippen molar-refractivity contribution in [3.8, 4) is 5.69 Å². The fraction of sp³-hybridized carbons (Fsp3) is 0.172. The molecule has 0 aliphatic rings. The quantitative estimate of drug-likeness (QED) is 0.176. The van der Waals surface area contributed by atoms with Crippen LogP contribution in [-0.4, -0.2) is 36.6 Å². The number of anilines is 1. The number of carbonyl (C=O) groups excluding carboxylic acids is 1. The van der Waals surface area contributed by atoms with Crippen LogP contribution in [0.1, 0.15) is 28.1 Å². The second-order valence-corrected chi connectivity index (χ2v) is 11.2. The molecule has 4 aromatic rings. The summed E-state index contributed by atoms with van der Waals surface area (Å²) >= 11 is 0. The van der Waals surface area contributed by atoms with E-state index >= 15 is 0 Å². The number of sulfonamides is 1. The molecule has 1 heterocycles. The van der Waals surface area contributed by atoms with Crippen molar-refractivity contribution in [3.63, 3.8) is 0 Å². The van der Waals surface area contributed by atoms with Gasteiger partial charge in [-0.05, 0) is 69.7 Å². The van der Waals surface area contributed by atoms with E-state index in [-0.39, 0.29) is 16.3 Å². The molecule has 0 aliphatic carbocycles. The van der Waals surface area contributed by atoms with E-state index in [0.717, 1.165) is 32.5 Å². The number of benzene rings is 3. The Morgan fingerprint density at radius 1 is 1.00 bits per heavy atom. The van der Waals surface area contributed by atoms with Crippen LogP contribution in [0.3, 0.4) is 0 Å². The summed E-state index contributed by atoms with van der Waals surface area (Å²) in [5.74, 6) is -0.683. The Balaban J connectivity index is 1.56. The van der Waals surface area contributed by atoms with Gasteiger partial charge in [0, 0.05) is 34.8 Å². The fourth-order valence-electron chi connectivity index (χ4n) is 4.46. The lowest BCUT2D eigenvalue weighted by Crippen LogP contribution is -2.39. The van der Waals surface area contributed by atoms with Crippen molar-refractivity contribution in [2.75, 3.05) is 10.8 Å². The SMILES string of the molecule is Cc1ccc(-n2c(C)cc(/C=N\NC(=O)CN(c3ccc([N+](=O)[O-])cc3)S(=O)(=O)c3ccccc3)c2C)c(C)c1. The summed E-state index contributed by atoms with van der Waals surface area (Å²) in [6, 6.07) is 20.8. The molecule has 0 fully saturated rings. The number of aryl methyl sites for hydroxylation is 3. The summed E-state index contributed by atoms with van der Waals surface area (Å²) in [6.07, 6.45) is 1.52. The smallest absolute Gasteiger partial charge is 0.269 e. The molecule has 0 spiro atoms. The molecule has 1 N–H and O–H groups in total. The number of hydrazone groups is 1. The van der Waals surface area contributed by atoms with Crippen molar-refractivity contribution in [1.82, 2.24) is 9.99 Å². The monoisotopic (exact) mass is 559 g/mol. The van der Waals surface area contributed by atoms with Gasteiger partial charge in [0.15, 0.2) is 0 Å². The highest BCUT2D eigenvalue weighted by molar-refractivity contribution is 7.92. The van der Waals surface area contributed by atoms with E-state index < -0.39 is 27.4 Å². The molecule has 3 aromatic carbocycles. The minimum atomic E-state index is -4.16. The van der Waals surface area contributed by atoms with Gasteiger partial charge in [0.05, 0.1) is 21.7 Å². The van der Waals surface area contributed by atoms with Crippen LogP contribution in [0, 0.1) is 37.8 Å². The molecule has 0 atom stereocenters. The van der Waals surface area contributed by atoms with Crippen molar-refractivity contribution in [3.05, 3.63) is 117 Å². The number of hydrogen-bond donors (Lipinski definition) is 1. The van der Waals surface area contributed by atoms with Crippen LogP contribution in [0.15, 0.2) is 88.9 Å². The fourth-order valence-corrected chi connectivity index (χ4v) is 5.90. The summed E-state index contributed by atoms with van der Waals surface area (Å²) < 4.78 is 29.8. The number of amides is 1. The Morgan fingerprint density at radius 2 is 1.68 bits per heavy atom. The number of nitrogens with zero attached hydrogens (tertiary/aromatic N) is 4. The first kappa shape index (κ1) is 28.2. The van der Waals surface area contributed by atoms with Crippen molar-refractivity contribution in [2.24, 2.45) is 5.10 Å². The van der Waals surface area contributed by atoms with Gasteiger partial charge in [-0.15, -0.1) is 0 Å². The number of aromatic nitrogens is 1. The zero-order chi connectivity index (χ0) is 29.0. The molecule has 10 nitrogen and oxygen atoms in total. The number of non-ortho nitro benzene ring substituents is 1. The summed E-state index contributed by atoms with van der Waals surface area (Å²) in [4.78, 5) is 23.3. The lowest BCUT2D eigenvalue weighted by molar-refractivity contribution is -0.384. The third-order valence-electron chi connectivity index (χ3n) is 6.42. The van der Waals surface area contributed by atoms with Gasteiger partial charge in [0.2, 0.25) is 0 Å². The maximum absolute atomic E-state index is 13.4. The second-order valence-electron chi connectivity index (χ2n) is 9.34. The first-order valence-corrected chi connectivity index (χ1v) is 13.8. The highest BCUT2D eigenvalue weighted by Gasteiger charge is 2.27. The van der Waals surface area contributed by atoms with E-state index in [1.165, 1.54) is 48.2 Å². The molecule has 0 unspecified atom stereocenters. The molecule has 0 bridgehead atoms. The van der Waals surface area contributed by atoms with Gasteiger partial charge in [-0.25, -0.2) is 13.8 Å². The van der Waals surface area contributed by atoms with Gasteiger partial charge in [0.25, 0.3) is 21.6 Å². The predicted molar refractivity (Wildman–Crippen MR) is 155 cm³/mol. The van der Waals surface area contributed by atoms with E-state index in [1.54, 1.807) is 18.2 Å². The van der Waals surface area contributed by atoms with Gasteiger partial charge >= 0.3 is 0 Å². The lowest BCUT2D eigenvalue weighted by atomic mass is 10.1. The average Bonchev–Trinajstić information content (AvgIpc) is 3.20. The molecule has 0 saturated carbocycles. The van der Waals surface area contributed by atoms with Gasteiger partial charge in [0.1, 0.15) is 6.54 Å². The standard InChI is InChI=1S/C29H29N5O5S/c1-20-10-15-28(21(2)16-20)33-22(3)17-24(23(33)4)18-30-31-29(35)19-32(25-11-13-26(14-12-25)34(36)37)40(38,39)27-8-6-5-7-9-27/h5-18H,19H2,1-4H3,(H,31,35)/b30-18-. The van der Waals surface area contributed by atoms with Crippen LogP contribution in [-0.2, 0) is 14.8 Å². The van der Waals surface area contributed by atoms with Crippen LogP contribution in [0.2, 0.25) is 0 Å². The van der Waals surface area contributed by atoms with Crippen LogP contribution in [0.4, 0.5) is 11.4 Å². The highest BCUT2D eigenvalue weighted by Crippen LogP contribution is 2.26. The lowest BCUT2D eigenvalue weighted by Gasteiger charge is -2.23. The van der Waals surface area contributed by atoms with Crippen molar-refractivity contribution < 1.29 is 18.1 Å². The Labute approximate surface area is 232 Å². The number of nitrogens with one attached hydrogen (secondary N) is 1. The third-order valence-corrected chi connectivity index (χ3v) is 8.21. The third kappa shape index (κ3) is 5.94. The zero-order valence-electron chi connectivity index (χ0n) is 22.5. The molecule has 40 heavy (non-hydrogen) atoms. The molecule has 1 amide bonds. The van der Waals surface area contributed by atoms with E-state index in [4.69, 9.17) is 0 Å². The minimum absolute atomic E-state index is 0.0245. The number of carbonyl (C=O) groups is 1. The first-order valence-electron chi connectivity index (χ1n) is 12.4. The number of nitro groups is 1. The average molecular weight is 560 g/mol. The van der Waals surface area contributed by atoms with Crippen molar-refractivity contribution in [1.29, 1.82) is 0 Å². The zero-order valence-corrected chi connectivity index (χ0v) is 23.3. The largest absolute Gasteiger partial charge is 0.318 e. The van der Waals surface area contributed by atoms with Gasteiger partial charge in [-0.1, -0.05) is 35.9 Å². The second kappa shape index (κ2) is 11.5. The van der Waals surface area contributed by atoms with E-state index in [9.17, 15) is 23.3 Å². The number of nitro benzene ring substituents is 1. The Hall–Kier alpha value is -4.77. The molecule has 0 radical (unpaired) electrons. The molecule has 0 aliphatic heterocycles. The molecule has 206 valence electrons. The van der Waals surface area contributed by atoms with Gasteiger partial charge in [-0.3, -0.25) is 19.2 Å². The highest BCUT2D eigenvalue weighted by atomic mass is 32.2.